The van der Waals surface area contributed by atoms with Gasteiger partial charge in [0, 0.05) is 0 Å². The third-order valence-electron chi connectivity index (χ3n) is 3.88. The average Bonchev–Trinajstić information content (AvgIpc) is 2.34. The zero-order valence-corrected chi connectivity index (χ0v) is 11.6. The Morgan fingerprint density at radius 3 is 2.89 bits per heavy atom. The van der Waals surface area contributed by atoms with Crippen molar-refractivity contribution in [3.63, 3.8) is 0 Å². The van der Waals surface area contributed by atoms with Gasteiger partial charge in [-0.15, -0.1) is 0 Å². The summed E-state index contributed by atoms with van der Waals surface area (Å²) in [5.74, 6) is 1.88. The molecule has 100 valence electrons. The van der Waals surface area contributed by atoms with Crippen LogP contribution in [-0.4, -0.2) is 12.6 Å². The molecule has 18 heavy (non-hydrogen) atoms. The molecule has 0 heterocycles. The van der Waals surface area contributed by atoms with E-state index in [0.29, 0.717) is 12.6 Å². The van der Waals surface area contributed by atoms with Crippen molar-refractivity contribution in [3.8, 4) is 5.75 Å². The van der Waals surface area contributed by atoms with Crippen molar-refractivity contribution in [2.75, 3.05) is 6.54 Å². The fourth-order valence-electron chi connectivity index (χ4n) is 2.89. The second-order valence-electron chi connectivity index (χ2n) is 5.61. The van der Waals surface area contributed by atoms with Crippen molar-refractivity contribution < 1.29 is 4.74 Å². The summed E-state index contributed by atoms with van der Waals surface area (Å²) in [7, 11) is 0. The largest absolute Gasteiger partial charge is 0.490 e. The fraction of sp³-hybridized carbons (Fsp3) is 0.625. The lowest BCUT2D eigenvalue weighted by molar-refractivity contribution is 0.127. The van der Waals surface area contributed by atoms with Crippen LogP contribution in [0.2, 0.25) is 0 Å². The quantitative estimate of drug-likeness (QED) is 0.884. The third kappa shape index (κ3) is 3.26. The number of hydrogen-bond acceptors (Lipinski definition) is 2. The maximum Gasteiger partial charge on any atom is 0.125 e. The Kier molecular flexibility index (Phi) is 4.65. The molecule has 1 aromatic carbocycles. The molecule has 1 saturated carbocycles. The highest BCUT2D eigenvalue weighted by Crippen LogP contribution is 2.31. The van der Waals surface area contributed by atoms with Gasteiger partial charge in [-0.3, -0.25) is 0 Å². The standard InChI is InChI=1S/C16H25NO/c1-12-5-3-8-15(11-12)18-16-13(2)6-4-7-14(16)9-10-17/h4,6-7,12,15H,3,5,8-11,17H2,1-2H3. The predicted molar refractivity (Wildman–Crippen MR) is 76.0 cm³/mol. The van der Waals surface area contributed by atoms with E-state index in [1.54, 1.807) is 0 Å². The number of aryl methyl sites for hydroxylation is 1. The van der Waals surface area contributed by atoms with Gasteiger partial charge in [-0.05, 0) is 56.2 Å². The van der Waals surface area contributed by atoms with E-state index in [9.17, 15) is 0 Å². The summed E-state index contributed by atoms with van der Waals surface area (Å²) in [6.07, 6.45) is 6.33. The molecule has 0 bridgehead atoms. The first-order valence-corrected chi connectivity index (χ1v) is 7.16. The monoisotopic (exact) mass is 247 g/mol. The highest BCUT2D eigenvalue weighted by atomic mass is 16.5. The molecule has 1 aromatic rings. The molecular formula is C16H25NO. The molecule has 2 heteroatoms. The first kappa shape index (κ1) is 13.4. The second-order valence-corrected chi connectivity index (χ2v) is 5.61. The molecule has 0 amide bonds. The summed E-state index contributed by atoms with van der Waals surface area (Å²) in [4.78, 5) is 0. The van der Waals surface area contributed by atoms with Crippen LogP contribution in [-0.2, 0) is 6.42 Å². The minimum Gasteiger partial charge on any atom is -0.490 e. The van der Waals surface area contributed by atoms with Crippen LogP contribution in [0.3, 0.4) is 0 Å². The Hall–Kier alpha value is -1.02. The van der Waals surface area contributed by atoms with Crippen LogP contribution in [0.1, 0.15) is 43.7 Å². The molecule has 2 atom stereocenters. The van der Waals surface area contributed by atoms with Crippen molar-refractivity contribution in [2.24, 2.45) is 11.7 Å². The minimum atomic E-state index is 0.395. The van der Waals surface area contributed by atoms with E-state index in [2.05, 4.69) is 32.0 Å². The number of nitrogens with two attached hydrogens (primary N) is 1. The molecule has 2 N–H and O–H groups in total. The van der Waals surface area contributed by atoms with E-state index in [0.717, 1.165) is 18.1 Å². The van der Waals surface area contributed by atoms with E-state index >= 15 is 0 Å². The number of para-hydroxylation sites is 1. The molecule has 1 aliphatic carbocycles. The first-order chi connectivity index (χ1) is 8.70. The van der Waals surface area contributed by atoms with Gasteiger partial charge in [0.05, 0.1) is 6.10 Å². The van der Waals surface area contributed by atoms with Crippen LogP contribution in [0.5, 0.6) is 5.75 Å². The lowest BCUT2D eigenvalue weighted by Crippen LogP contribution is -2.25. The molecule has 1 fully saturated rings. The number of hydrogen-bond donors (Lipinski definition) is 1. The average molecular weight is 247 g/mol. The van der Waals surface area contributed by atoms with Crippen LogP contribution >= 0.6 is 0 Å². The van der Waals surface area contributed by atoms with E-state index in [-0.39, 0.29) is 0 Å². The molecule has 2 nitrogen and oxygen atoms in total. The van der Waals surface area contributed by atoms with Crippen molar-refractivity contribution >= 4 is 0 Å². The van der Waals surface area contributed by atoms with Gasteiger partial charge in [0.25, 0.3) is 0 Å². The SMILES string of the molecule is Cc1cccc(CCN)c1OC1CCCC(C)C1. The highest BCUT2D eigenvalue weighted by molar-refractivity contribution is 5.41. The normalized spacial score (nSPS) is 23.9. The Morgan fingerprint density at radius 2 is 2.17 bits per heavy atom. The third-order valence-corrected chi connectivity index (χ3v) is 3.88. The van der Waals surface area contributed by atoms with Gasteiger partial charge >= 0.3 is 0 Å². The molecule has 0 saturated heterocycles. The smallest absolute Gasteiger partial charge is 0.125 e. The number of ether oxygens (including phenoxy) is 1. The Bertz CT molecular complexity index is 389. The summed E-state index contributed by atoms with van der Waals surface area (Å²) >= 11 is 0. The lowest BCUT2D eigenvalue weighted by atomic mass is 9.88. The maximum absolute atomic E-state index is 6.28. The summed E-state index contributed by atoms with van der Waals surface area (Å²) in [5.41, 5.74) is 8.17. The molecule has 2 rings (SSSR count). The van der Waals surface area contributed by atoms with Gasteiger partial charge in [0.1, 0.15) is 5.75 Å². The van der Waals surface area contributed by atoms with Crippen LogP contribution in [0.4, 0.5) is 0 Å². The molecule has 0 aromatic heterocycles. The van der Waals surface area contributed by atoms with Gasteiger partial charge in [-0.25, -0.2) is 0 Å². The summed E-state index contributed by atoms with van der Waals surface area (Å²) in [6, 6.07) is 6.36. The second kappa shape index (κ2) is 6.24. The van der Waals surface area contributed by atoms with E-state index in [1.165, 1.54) is 36.8 Å². The van der Waals surface area contributed by atoms with Gasteiger partial charge in [0.15, 0.2) is 0 Å². The van der Waals surface area contributed by atoms with Crippen LogP contribution in [0.25, 0.3) is 0 Å². The van der Waals surface area contributed by atoms with Crippen molar-refractivity contribution in [1.29, 1.82) is 0 Å². The fourth-order valence-corrected chi connectivity index (χ4v) is 2.89. The molecular weight excluding hydrogens is 222 g/mol. The molecule has 0 radical (unpaired) electrons. The summed E-state index contributed by atoms with van der Waals surface area (Å²) in [5, 5.41) is 0. The van der Waals surface area contributed by atoms with Crippen molar-refractivity contribution in [2.45, 2.75) is 52.1 Å². The number of benzene rings is 1. The zero-order chi connectivity index (χ0) is 13.0. The van der Waals surface area contributed by atoms with Crippen LogP contribution in [0, 0.1) is 12.8 Å². The van der Waals surface area contributed by atoms with Crippen molar-refractivity contribution in [1.82, 2.24) is 0 Å². The molecule has 0 spiro atoms. The Morgan fingerprint density at radius 1 is 1.33 bits per heavy atom. The van der Waals surface area contributed by atoms with Crippen LogP contribution < -0.4 is 10.5 Å². The predicted octanol–water partition coefficient (Wildman–Crippen LogP) is 3.45. The highest BCUT2D eigenvalue weighted by Gasteiger charge is 2.21. The van der Waals surface area contributed by atoms with Crippen molar-refractivity contribution in [3.05, 3.63) is 29.3 Å². The van der Waals surface area contributed by atoms with Crippen LogP contribution in [0.15, 0.2) is 18.2 Å². The molecule has 1 aliphatic rings. The maximum atomic E-state index is 6.28. The van der Waals surface area contributed by atoms with E-state index in [4.69, 9.17) is 10.5 Å². The van der Waals surface area contributed by atoms with Gasteiger partial charge in [-0.1, -0.05) is 31.5 Å². The number of rotatable bonds is 4. The van der Waals surface area contributed by atoms with E-state index in [1.807, 2.05) is 0 Å². The first-order valence-electron chi connectivity index (χ1n) is 7.16. The Labute approximate surface area is 111 Å². The minimum absolute atomic E-state index is 0.395. The summed E-state index contributed by atoms with van der Waals surface area (Å²) < 4.78 is 6.28. The van der Waals surface area contributed by atoms with E-state index < -0.39 is 0 Å². The Balaban J connectivity index is 2.11. The van der Waals surface area contributed by atoms with Gasteiger partial charge in [-0.2, -0.15) is 0 Å². The van der Waals surface area contributed by atoms with Gasteiger partial charge < -0.3 is 10.5 Å². The molecule has 2 unspecified atom stereocenters. The lowest BCUT2D eigenvalue weighted by Gasteiger charge is -2.29. The molecule has 0 aliphatic heterocycles. The zero-order valence-electron chi connectivity index (χ0n) is 11.6. The van der Waals surface area contributed by atoms with Gasteiger partial charge in [0.2, 0.25) is 0 Å². The summed E-state index contributed by atoms with van der Waals surface area (Å²) in [6.45, 7) is 5.14. The topological polar surface area (TPSA) is 35.2 Å².